The summed E-state index contributed by atoms with van der Waals surface area (Å²) >= 11 is 1.99. The van der Waals surface area contributed by atoms with Gasteiger partial charge in [0.1, 0.15) is 0 Å². The molecule has 2 N–H and O–H groups in total. The van der Waals surface area contributed by atoms with Crippen molar-refractivity contribution in [3.8, 4) is 0 Å². The number of guanidine groups is 1. The molecule has 0 aromatic heterocycles. The predicted molar refractivity (Wildman–Crippen MR) is 107 cm³/mol. The molecule has 0 amide bonds. The van der Waals surface area contributed by atoms with Crippen molar-refractivity contribution >= 4 is 17.7 Å². The molecule has 4 nitrogen and oxygen atoms in total. The summed E-state index contributed by atoms with van der Waals surface area (Å²) in [6, 6.07) is 9.33. The molecule has 0 spiro atoms. The Morgan fingerprint density at radius 2 is 1.92 bits per heavy atom. The van der Waals surface area contributed by atoms with Crippen LogP contribution in [0.1, 0.15) is 37.3 Å². The summed E-state index contributed by atoms with van der Waals surface area (Å²) in [7, 11) is 4.19. The highest BCUT2D eigenvalue weighted by Crippen LogP contribution is 2.28. The Kier molecular flexibility index (Phi) is 7.92. The van der Waals surface area contributed by atoms with E-state index in [0.29, 0.717) is 6.04 Å². The lowest BCUT2D eigenvalue weighted by molar-refractivity contribution is 0.402. The lowest BCUT2D eigenvalue weighted by atomic mass is 10.1. The number of thioether (sulfide) groups is 1. The van der Waals surface area contributed by atoms with E-state index < -0.39 is 0 Å². The maximum absolute atomic E-state index is 4.77. The van der Waals surface area contributed by atoms with Crippen LogP contribution < -0.4 is 10.6 Å². The first kappa shape index (κ1) is 19.1. The zero-order valence-corrected chi connectivity index (χ0v) is 16.3. The Morgan fingerprint density at radius 3 is 2.50 bits per heavy atom. The van der Waals surface area contributed by atoms with Crippen molar-refractivity contribution < 1.29 is 0 Å². The molecule has 0 radical (unpaired) electrons. The standard InChI is InChI=1S/C19H32N4S/c1-5-20-19(22-17-10-11-18(12-17)24-4)21-13-15-6-8-16(9-7-15)14-23(2)3/h6-9,17-18H,5,10-14H2,1-4H3,(H2,20,21,22). The van der Waals surface area contributed by atoms with Crippen molar-refractivity contribution in [2.24, 2.45) is 4.99 Å². The summed E-state index contributed by atoms with van der Waals surface area (Å²) in [6.45, 7) is 4.71. The van der Waals surface area contributed by atoms with Crippen LogP contribution in [-0.4, -0.2) is 49.0 Å². The zero-order valence-electron chi connectivity index (χ0n) is 15.5. The molecule has 2 atom stereocenters. The van der Waals surface area contributed by atoms with Crippen LogP contribution in [0.4, 0.5) is 0 Å². The molecule has 2 unspecified atom stereocenters. The van der Waals surface area contributed by atoms with Crippen molar-refractivity contribution in [3.63, 3.8) is 0 Å². The molecule has 0 heterocycles. The van der Waals surface area contributed by atoms with Crippen LogP contribution in [0.2, 0.25) is 0 Å². The summed E-state index contributed by atoms with van der Waals surface area (Å²) in [4.78, 5) is 6.95. The average Bonchev–Trinajstić information content (AvgIpc) is 3.01. The fraction of sp³-hybridized carbons (Fsp3) is 0.632. The van der Waals surface area contributed by atoms with E-state index in [2.05, 4.69) is 67.1 Å². The van der Waals surface area contributed by atoms with E-state index in [1.807, 2.05) is 11.8 Å². The minimum Gasteiger partial charge on any atom is -0.357 e. The van der Waals surface area contributed by atoms with Crippen molar-refractivity contribution in [3.05, 3.63) is 35.4 Å². The molecule has 134 valence electrons. The van der Waals surface area contributed by atoms with Gasteiger partial charge in [0.2, 0.25) is 0 Å². The van der Waals surface area contributed by atoms with Gasteiger partial charge >= 0.3 is 0 Å². The first-order valence-corrected chi connectivity index (χ1v) is 10.2. The SMILES string of the molecule is CCNC(=NCc1ccc(CN(C)C)cc1)NC1CCC(SC)C1. The van der Waals surface area contributed by atoms with Crippen molar-refractivity contribution in [1.29, 1.82) is 0 Å². The third-order valence-corrected chi connectivity index (χ3v) is 5.44. The molecule has 1 aliphatic carbocycles. The van der Waals surface area contributed by atoms with Gasteiger partial charge in [-0.25, -0.2) is 4.99 Å². The Morgan fingerprint density at radius 1 is 1.21 bits per heavy atom. The zero-order chi connectivity index (χ0) is 17.4. The molecule has 1 fully saturated rings. The van der Waals surface area contributed by atoms with Gasteiger partial charge in [-0.1, -0.05) is 24.3 Å². The van der Waals surface area contributed by atoms with Gasteiger partial charge in [-0.05, 0) is 57.7 Å². The van der Waals surface area contributed by atoms with Crippen LogP contribution in [0, 0.1) is 0 Å². The van der Waals surface area contributed by atoms with Gasteiger partial charge in [-0.3, -0.25) is 0 Å². The molecule has 1 aliphatic rings. The molecule has 0 aliphatic heterocycles. The third-order valence-electron chi connectivity index (χ3n) is 4.34. The lowest BCUT2D eigenvalue weighted by Gasteiger charge is -2.17. The van der Waals surface area contributed by atoms with E-state index in [4.69, 9.17) is 4.99 Å². The molecule has 0 bridgehead atoms. The summed E-state index contributed by atoms with van der Waals surface area (Å²) < 4.78 is 0. The second kappa shape index (κ2) is 9.94. The van der Waals surface area contributed by atoms with Crippen LogP contribution in [0.15, 0.2) is 29.3 Å². The van der Waals surface area contributed by atoms with Crippen molar-refractivity contribution in [1.82, 2.24) is 15.5 Å². The molecule has 1 aromatic carbocycles. The van der Waals surface area contributed by atoms with Gasteiger partial charge in [0.05, 0.1) is 6.54 Å². The number of hydrogen-bond acceptors (Lipinski definition) is 3. The lowest BCUT2D eigenvalue weighted by Crippen LogP contribution is -2.42. The molecule has 24 heavy (non-hydrogen) atoms. The summed E-state index contributed by atoms with van der Waals surface area (Å²) in [5.41, 5.74) is 2.59. The van der Waals surface area contributed by atoms with Gasteiger partial charge in [-0.2, -0.15) is 11.8 Å². The minimum atomic E-state index is 0.558. The number of aliphatic imine (C=N–C) groups is 1. The number of rotatable bonds is 7. The fourth-order valence-electron chi connectivity index (χ4n) is 3.08. The maximum atomic E-state index is 4.77. The van der Waals surface area contributed by atoms with Gasteiger partial charge < -0.3 is 15.5 Å². The Bertz CT molecular complexity index is 513. The van der Waals surface area contributed by atoms with Gasteiger partial charge in [0.25, 0.3) is 0 Å². The quantitative estimate of drug-likeness (QED) is 0.587. The second-order valence-corrected chi connectivity index (χ2v) is 7.90. The van der Waals surface area contributed by atoms with Gasteiger partial charge in [0, 0.05) is 24.4 Å². The number of nitrogens with one attached hydrogen (secondary N) is 2. The van der Waals surface area contributed by atoms with E-state index in [9.17, 15) is 0 Å². The van der Waals surface area contributed by atoms with E-state index >= 15 is 0 Å². The molecule has 2 rings (SSSR count). The topological polar surface area (TPSA) is 39.7 Å². The third kappa shape index (κ3) is 6.36. The first-order valence-electron chi connectivity index (χ1n) is 8.91. The second-order valence-electron chi connectivity index (χ2n) is 6.76. The van der Waals surface area contributed by atoms with Crippen molar-refractivity contribution in [2.75, 3.05) is 26.9 Å². The van der Waals surface area contributed by atoms with Crippen LogP contribution in [0.25, 0.3) is 0 Å². The van der Waals surface area contributed by atoms with Crippen LogP contribution in [-0.2, 0) is 13.1 Å². The van der Waals surface area contributed by atoms with Gasteiger partial charge in [0.15, 0.2) is 5.96 Å². The van der Waals surface area contributed by atoms with E-state index in [-0.39, 0.29) is 0 Å². The molecule has 1 aromatic rings. The Labute approximate surface area is 151 Å². The molecule has 0 saturated heterocycles. The van der Waals surface area contributed by atoms with Crippen LogP contribution >= 0.6 is 11.8 Å². The first-order chi connectivity index (χ1) is 11.6. The normalized spacial score (nSPS) is 21.3. The van der Waals surface area contributed by atoms with Crippen LogP contribution in [0.3, 0.4) is 0 Å². The highest BCUT2D eigenvalue weighted by Gasteiger charge is 2.24. The molecule has 1 saturated carbocycles. The molecular weight excluding hydrogens is 316 g/mol. The minimum absolute atomic E-state index is 0.558. The largest absolute Gasteiger partial charge is 0.357 e. The van der Waals surface area contributed by atoms with E-state index in [1.54, 1.807) is 0 Å². The van der Waals surface area contributed by atoms with Crippen LogP contribution in [0.5, 0.6) is 0 Å². The highest BCUT2D eigenvalue weighted by atomic mass is 32.2. The van der Waals surface area contributed by atoms with E-state index in [0.717, 1.165) is 30.8 Å². The number of benzene rings is 1. The summed E-state index contributed by atoms with van der Waals surface area (Å²) in [5.74, 6) is 0.946. The molecule has 5 heteroatoms. The van der Waals surface area contributed by atoms with E-state index in [1.165, 1.54) is 30.4 Å². The Hall–Kier alpha value is -1.20. The average molecular weight is 349 g/mol. The fourth-order valence-corrected chi connectivity index (χ4v) is 3.88. The predicted octanol–water partition coefficient (Wildman–Crippen LogP) is 3.09. The number of hydrogen-bond donors (Lipinski definition) is 2. The number of nitrogens with zero attached hydrogens (tertiary/aromatic N) is 2. The summed E-state index contributed by atoms with van der Waals surface area (Å²) in [5, 5.41) is 7.78. The smallest absolute Gasteiger partial charge is 0.191 e. The maximum Gasteiger partial charge on any atom is 0.191 e. The van der Waals surface area contributed by atoms with Gasteiger partial charge in [-0.15, -0.1) is 0 Å². The summed E-state index contributed by atoms with van der Waals surface area (Å²) in [6.07, 6.45) is 6.01. The highest BCUT2D eigenvalue weighted by molar-refractivity contribution is 7.99. The monoisotopic (exact) mass is 348 g/mol. The Balaban J connectivity index is 1.90. The molecular formula is C19H32N4S. The van der Waals surface area contributed by atoms with Crippen molar-refractivity contribution in [2.45, 2.75) is 50.6 Å².